The van der Waals surface area contributed by atoms with E-state index >= 15 is 0 Å². The SMILES string of the molecule is CCNC(c1cc(F)c(C)cc1F)C1CCC1. The minimum absolute atomic E-state index is 0.0381. The molecule has 1 aliphatic rings. The molecule has 0 aliphatic heterocycles. The normalized spacial score (nSPS) is 17.9. The van der Waals surface area contributed by atoms with E-state index < -0.39 is 0 Å². The van der Waals surface area contributed by atoms with Gasteiger partial charge in [-0.25, -0.2) is 8.78 Å². The quantitative estimate of drug-likeness (QED) is 0.844. The van der Waals surface area contributed by atoms with Gasteiger partial charge in [0.25, 0.3) is 0 Å². The average Bonchev–Trinajstić information content (AvgIpc) is 2.20. The fourth-order valence-electron chi connectivity index (χ4n) is 2.42. The van der Waals surface area contributed by atoms with Gasteiger partial charge in [-0.1, -0.05) is 13.3 Å². The zero-order valence-electron chi connectivity index (χ0n) is 10.4. The Balaban J connectivity index is 2.31. The largest absolute Gasteiger partial charge is 0.310 e. The third-order valence-corrected chi connectivity index (χ3v) is 3.66. The van der Waals surface area contributed by atoms with Crippen molar-refractivity contribution in [3.8, 4) is 0 Å². The number of nitrogens with one attached hydrogen (secondary N) is 1. The lowest BCUT2D eigenvalue weighted by atomic mass is 9.77. The van der Waals surface area contributed by atoms with Gasteiger partial charge in [0.1, 0.15) is 11.6 Å². The third-order valence-electron chi connectivity index (χ3n) is 3.66. The summed E-state index contributed by atoms with van der Waals surface area (Å²) in [6.45, 7) is 4.36. The number of hydrogen-bond acceptors (Lipinski definition) is 1. The highest BCUT2D eigenvalue weighted by molar-refractivity contribution is 5.28. The van der Waals surface area contributed by atoms with Crippen LogP contribution in [-0.2, 0) is 0 Å². The predicted molar refractivity (Wildman–Crippen MR) is 64.9 cm³/mol. The highest BCUT2D eigenvalue weighted by atomic mass is 19.1. The number of rotatable bonds is 4. The van der Waals surface area contributed by atoms with Gasteiger partial charge in [0.15, 0.2) is 0 Å². The van der Waals surface area contributed by atoms with Crippen LogP contribution in [0.5, 0.6) is 0 Å². The number of aryl methyl sites for hydroxylation is 1. The molecule has 0 aromatic heterocycles. The Morgan fingerprint density at radius 2 is 2.00 bits per heavy atom. The molecule has 1 N–H and O–H groups in total. The van der Waals surface area contributed by atoms with Gasteiger partial charge in [0.05, 0.1) is 0 Å². The molecule has 0 spiro atoms. The minimum Gasteiger partial charge on any atom is -0.310 e. The first-order valence-corrected chi connectivity index (χ1v) is 6.32. The molecule has 0 saturated heterocycles. The van der Waals surface area contributed by atoms with E-state index in [1.54, 1.807) is 6.92 Å². The van der Waals surface area contributed by atoms with Crippen molar-refractivity contribution in [1.29, 1.82) is 0 Å². The summed E-state index contributed by atoms with van der Waals surface area (Å²) < 4.78 is 27.5. The van der Waals surface area contributed by atoms with Crippen LogP contribution < -0.4 is 5.32 Å². The fraction of sp³-hybridized carbons (Fsp3) is 0.571. The second-order valence-corrected chi connectivity index (χ2v) is 4.85. The van der Waals surface area contributed by atoms with Crippen molar-refractivity contribution in [2.75, 3.05) is 6.54 Å². The summed E-state index contributed by atoms with van der Waals surface area (Å²) in [5, 5.41) is 3.28. The summed E-state index contributed by atoms with van der Waals surface area (Å²) in [5.74, 6) is -0.156. The van der Waals surface area contributed by atoms with E-state index in [2.05, 4.69) is 5.32 Å². The first-order chi connectivity index (χ1) is 8.13. The Morgan fingerprint density at radius 3 is 2.53 bits per heavy atom. The van der Waals surface area contributed by atoms with Crippen molar-refractivity contribution < 1.29 is 8.78 Å². The van der Waals surface area contributed by atoms with Gasteiger partial charge < -0.3 is 5.32 Å². The van der Waals surface area contributed by atoms with Crippen LogP contribution in [0.4, 0.5) is 8.78 Å². The molecule has 0 bridgehead atoms. The number of halogens is 2. The van der Waals surface area contributed by atoms with E-state index in [1.165, 1.54) is 18.6 Å². The van der Waals surface area contributed by atoms with Gasteiger partial charge in [-0.15, -0.1) is 0 Å². The maximum absolute atomic E-state index is 13.9. The van der Waals surface area contributed by atoms with E-state index in [0.717, 1.165) is 19.4 Å². The van der Waals surface area contributed by atoms with Gasteiger partial charge in [-0.05, 0) is 49.9 Å². The molecule has 1 aliphatic carbocycles. The van der Waals surface area contributed by atoms with Crippen LogP contribution in [0.25, 0.3) is 0 Å². The van der Waals surface area contributed by atoms with E-state index in [-0.39, 0.29) is 17.7 Å². The lowest BCUT2D eigenvalue weighted by molar-refractivity contribution is 0.229. The van der Waals surface area contributed by atoms with Crippen LogP contribution in [0, 0.1) is 24.5 Å². The second kappa shape index (κ2) is 5.13. The van der Waals surface area contributed by atoms with Crippen LogP contribution in [-0.4, -0.2) is 6.54 Å². The van der Waals surface area contributed by atoms with E-state index in [0.29, 0.717) is 17.0 Å². The van der Waals surface area contributed by atoms with Crippen LogP contribution in [0.1, 0.15) is 43.4 Å². The molecule has 1 atom stereocenters. The topological polar surface area (TPSA) is 12.0 Å². The van der Waals surface area contributed by atoms with Crippen molar-refractivity contribution in [3.63, 3.8) is 0 Å². The molecular formula is C14H19F2N. The fourth-order valence-corrected chi connectivity index (χ4v) is 2.42. The molecule has 0 radical (unpaired) electrons. The number of benzene rings is 1. The summed E-state index contributed by atoms with van der Waals surface area (Å²) in [7, 11) is 0. The van der Waals surface area contributed by atoms with Gasteiger partial charge in [0.2, 0.25) is 0 Å². The highest BCUT2D eigenvalue weighted by Crippen LogP contribution is 2.38. The maximum Gasteiger partial charge on any atom is 0.128 e. The third kappa shape index (κ3) is 2.49. The van der Waals surface area contributed by atoms with E-state index in [4.69, 9.17) is 0 Å². The molecule has 1 saturated carbocycles. The van der Waals surface area contributed by atoms with Gasteiger partial charge in [-0.2, -0.15) is 0 Å². The molecule has 0 amide bonds. The lowest BCUT2D eigenvalue weighted by Crippen LogP contribution is -2.32. The predicted octanol–water partition coefficient (Wildman–Crippen LogP) is 3.72. The molecule has 1 aromatic rings. The smallest absolute Gasteiger partial charge is 0.128 e. The van der Waals surface area contributed by atoms with Crippen LogP contribution in [0.2, 0.25) is 0 Å². The molecule has 1 fully saturated rings. The molecular weight excluding hydrogens is 220 g/mol. The second-order valence-electron chi connectivity index (χ2n) is 4.85. The van der Waals surface area contributed by atoms with Crippen molar-refractivity contribution in [3.05, 3.63) is 34.9 Å². The van der Waals surface area contributed by atoms with Crippen LogP contribution in [0.15, 0.2) is 12.1 Å². The number of hydrogen-bond donors (Lipinski definition) is 1. The van der Waals surface area contributed by atoms with E-state index in [1.807, 2.05) is 6.92 Å². The summed E-state index contributed by atoms with van der Waals surface area (Å²) in [5.41, 5.74) is 0.856. The Morgan fingerprint density at radius 1 is 1.29 bits per heavy atom. The minimum atomic E-state index is -0.316. The summed E-state index contributed by atoms with van der Waals surface area (Å²) in [6.07, 6.45) is 3.40. The summed E-state index contributed by atoms with van der Waals surface area (Å²) in [4.78, 5) is 0. The Hall–Kier alpha value is -0.960. The molecule has 3 heteroatoms. The zero-order valence-corrected chi connectivity index (χ0v) is 10.4. The standard InChI is InChI=1S/C14H19F2N/c1-3-17-14(10-5-4-6-10)11-8-12(15)9(2)7-13(11)16/h7-8,10,14,17H,3-6H2,1-2H3. The molecule has 1 nitrogen and oxygen atoms in total. The first-order valence-electron chi connectivity index (χ1n) is 6.32. The van der Waals surface area contributed by atoms with Gasteiger partial charge >= 0.3 is 0 Å². The Kier molecular flexibility index (Phi) is 3.77. The van der Waals surface area contributed by atoms with Crippen molar-refractivity contribution in [2.24, 2.45) is 5.92 Å². The molecule has 0 heterocycles. The zero-order chi connectivity index (χ0) is 12.4. The maximum atomic E-state index is 13.9. The average molecular weight is 239 g/mol. The van der Waals surface area contributed by atoms with Gasteiger partial charge in [-0.3, -0.25) is 0 Å². The molecule has 2 rings (SSSR count). The highest BCUT2D eigenvalue weighted by Gasteiger charge is 2.30. The van der Waals surface area contributed by atoms with Crippen LogP contribution >= 0.6 is 0 Å². The van der Waals surface area contributed by atoms with Crippen molar-refractivity contribution >= 4 is 0 Å². The van der Waals surface area contributed by atoms with Crippen molar-refractivity contribution in [2.45, 2.75) is 39.2 Å². The summed E-state index contributed by atoms with van der Waals surface area (Å²) in [6, 6.07) is 2.62. The molecule has 94 valence electrons. The van der Waals surface area contributed by atoms with E-state index in [9.17, 15) is 8.78 Å². The monoisotopic (exact) mass is 239 g/mol. The summed E-state index contributed by atoms with van der Waals surface area (Å²) >= 11 is 0. The van der Waals surface area contributed by atoms with Crippen molar-refractivity contribution in [1.82, 2.24) is 5.32 Å². The molecule has 1 aromatic carbocycles. The Bertz CT molecular complexity index is 399. The van der Waals surface area contributed by atoms with Crippen LogP contribution in [0.3, 0.4) is 0 Å². The Labute approximate surface area is 101 Å². The lowest BCUT2D eigenvalue weighted by Gasteiger charge is -2.34. The van der Waals surface area contributed by atoms with Gasteiger partial charge in [0, 0.05) is 11.6 Å². The molecule has 1 unspecified atom stereocenters. The molecule has 17 heavy (non-hydrogen) atoms. The first kappa shape index (κ1) is 12.5.